The monoisotopic (exact) mass is 287 g/mol. The van der Waals surface area contributed by atoms with Gasteiger partial charge in [0.25, 0.3) is 0 Å². The summed E-state index contributed by atoms with van der Waals surface area (Å²) in [5.74, 6) is 1.49. The summed E-state index contributed by atoms with van der Waals surface area (Å²) in [6.07, 6.45) is 6.96. The number of nitrogens with zero attached hydrogens (tertiary/aromatic N) is 3. The Morgan fingerprint density at radius 1 is 1.10 bits per heavy atom. The minimum atomic E-state index is 0.249. The van der Waals surface area contributed by atoms with E-state index in [1.807, 2.05) is 4.68 Å². The van der Waals surface area contributed by atoms with Crippen LogP contribution in [0, 0.1) is 5.92 Å². The Kier molecular flexibility index (Phi) is 5.78. The number of hydrogen-bond acceptors (Lipinski definition) is 3. The molecule has 0 aliphatic heterocycles. The van der Waals surface area contributed by atoms with Crippen molar-refractivity contribution in [2.75, 3.05) is 0 Å². The lowest BCUT2D eigenvalue weighted by Crippen LogP contribution is -2.18. The van der Waals surface area contributed by atoms with E-state index in [0.717, 1.165) is 31.6 Å². The van der Waals surface area contributed by atoms with E-state index in [0.29, 0.717) is 5.92 Å². The Balaban J connectivity index is 1.72. The largest absolute Gasteiger partial charge is 0.490 e. The molecule has 2 rings (SSSR count). The van der Waals surface area contributed by atoms with E-state index in [4.69, 9.17) is 4.74 Å². The standard InChI is InChI=1S/C17H25N3O/c1-14(2)15(3)21-17-9-7-16(8-10-17)6-4-5-11-20-13-18-12-19-20/h7-10,12-15H,4-6,11H2,1-3H3. The summed E-state index contributed by atoms with van der Waals surface area (Å²) in [6.45, 7) is 7.40. The summed E-state index contributed by atoms with van der Waals surface area (Å²) in [4.78, 5) is 3.94. The highest BCUT2D eigenvalue weighted by Crippen LogP contribution is 2.17. The predicted octanol–water partition coefficient (Wildman–Crippen LogP) is 3.72. The minimum absolute atomic E-state index is 0.249. The van der Waals surface area contributed by atoms with Crippen molar-refractivity contribution in [3.63, 3.8) is 0 Å². The van der Waals surface area contributed by atoms with E-state index in [1.165, 1.54) is 5.56 Å². The summed E-state index contributed by atoms with van der Waals surface area (Å²) in [5.41, 5.74) is 1.36. The molecular weight excluding hydrogens is 262 g/mol. The van der Waals surface area contributed by atoms with Gasteiger partial charge < -0.3 is 4.74 Å². The van der Waals surface area contributed by atoms with Gasteiger partial charge >= 0.3 is 0 Å². The summed E-state index contributed by atoms with van der Waals surface area (Å²) in [5, 5.41) is 4.10. The molecule has 0 saturated carbocycles. The van der Waals surface area contributed by atoms with Crippen molar-refractivity contribution in [2.24, 2.45) is 5.92 Å². The van der Waals surface area contributed by atoms with Gasteiger partial charge in [-0.25, -0.2) is 4.98 Å². The number of aromatic nitrogens is 3. The molecule has 0 aliphatic rings. The molecule has 114 valence electrons. The Morgan fingerprint density at radius 3 is 2.48 bits per heavy atom. The third-order valence-electron chi connectivity index (χ3n) is 3.75. The van der Waals surface area contributed by atoms with E-state index in [-0.39, 0.29) is 6.10 Å². The van der Waals surface area contributed by atoms with Crippen LogP contribution in [0.15, 0.2) is 36.9 Å². The van der Waals surface area contributed by atoms with Gasteiger partial charge in [-0.05, 0) is 49.8 Å². The summed E-state index contributed by atoms with van der Waals surface area (Å²) >= 11 is 0. The number of hydrogen-bond donors (Lipinski definition) is 0. The fourth-order valence-corrected chi connectivity index (χ4v) is 2.04. The van der Waals surface area contributed by atoms with Crippen LogP contribution in [0.4, 0.5) is 0 Å². The third-order valence-corrected chi connectivity index (χ3v) is 3.75. The molecule has 0 aliphatic carbocycles. The molecule has 4 nitrogen and oxygen atoms in total. The predicted molar refractivity (Wildman–Crippen MR) is 84.3 cm³/mol. The first-order valence-electron chi connectivity index (χ1n) is 7.73. The van der Waals surface area contributed by atoms with E-state index >= 15 is 0 Å². The maximum absolute atomic E-state index is 5.89. The second-order valence-electron chi connectivity index (χ2n) is 5.83. The average molecular weight is 287 g/mol. The molecule has 0 radical (unpaired) electrons. The lowest BCUT2D eigenvalue weighted by Gasteiger charge is -2.18. The molecular formula is C17H25N3O. The smallest absolute Gasteiger partial charge is 0.137 e. The highest BCUT2D eigenvalue weighted by molar-refractivity contribution is 5.27. The molecule has 0 amide bonds. The van der Waals surface area contributed by atoms with Crippen molar-refractivity contribution in [3.8, 4) is 5.75 Å². The van der Waals surface area contributed by atoms with Crippen molar-refractivity contribution in [3.05, 3.63) is 42.5 Å². The lowest BCUT2D eigenvalue weighted by molar-refractivity contribution is 0.170. The van der Waals surface area contributed by atoms with Gasteiger partial charge in [0.1, 0.15) is 18.4 Å². The highest BCUT2D eigenvalue weighted by Gasteiger charge is 2.08. The average Bonchev–Trinajstić information content (AvgIpc) is 2.98. The molecule has 1 aromatic carbocycles. The first-order chi connectivity index (χ1) is 10.1. The molecule has 2 aromatic rings. The van der Waals surface area contributed by atoms with Gasteiger partial charge in [0, 0.05) is 6.54 Å². The lowest BCUT2D eigenvalue weighted by atomic mass is 10.1. The summed E-state index contributed by atoms with van der Waals surface area (Å²) < 4.78 is 7.77. The van der Waals surface area contributed by atoms with Gasteiger partial charge in [0.05, 0.1) is 6.10 Å². The van der Waals surface area contributed by atoms with Crippen LogP contribution in [-0.2, 0) is 13.0 Å². The number of aryl methyl sites for hydroxylation is 2. The number of benzene rings is 1. The first-order valence-corrected chi connectivity index (χ1v) is 7.73. The molecule has 0 N–H and O–H groups in total. The zero-order valence-electron chi connectivity index (χ0n) is 13.2. The molecule has 4 heteroatoms. The number of rotatable bonds is 8. The van der Waals surface area contributed by atoms with Crippen LogP contribution in [-0.4, -0.2) is 20.9 Å². The van der Waals surface area contributed by atoms with Gasteiger partial charge in [-0.3, -0.25) is 4.68 Å². The Hall–Kier alpha value is -1.84. The van der Waals surface area contributed by atoms with Crippen LogP contribution in [0.5, 0.6) is 5.75 Å². The van der Waals surface area contributed by atoms with E-state index in [9.17, 15) is 0 Å². The second-order valence-corrected chi connectivity index (χ2v) is 5.83. The summed E-state index contributed by atoms with van der Waals surface area (Å²) in [6, 6.07) is 8.48. The van der Waals surface area contributed by atoms with Gasteiger partial charge in [0.2, 0.25) is 0 Å². The molecule has 1 heterocycles. The molecule has 1 aromatic heterocycles. The fraction of sp³-hybridized carbons (Fsp3) is 0.529. The summed E-state index contributed by atoms with van der Waals surface area (Å²) in [7, 11) is 0. The van der Waals surface area contributed by atoms with Gasteiger partial charge in [0.15, 0.2) is 0 Å². The fourth-order valence-electron chi connectivity index (χ4n) is 2.04. The van der Waals surface area contributed by atoms with Crippen LogP contribution in [0.3, 0.4) is 0 Å². The minimum Gasteiger partial charge on any atom is -0.490 e. The number of unbranched alkanes of at least 4 members (excludes halogenated alkanes) is 1. The third kappa shape index (κ3) is 5.21. The maximum Gasteiger partial charge on any atom is 0.137 e. The zero-order chi connectivity index (χ0) is 15.1. The van der Waals surface area contributed by atoms with Crippen LogP contribution >= 0.6 is 0 Å². The maximum atomic E-state index is 5.89. The highest BCUT2D eigenvalue weighted by atomic mass is 16.5. The molecule has 0 fully saturated rings. The van der Waals surface area contributed by atoms with Crippen LogP contribution in [0.25, 0.3) is 0 Å². The molecule has 1 atom stereocenters. The van der Waals surface area contributed by atoms with Crippen LogP contribution in [0.1, 0.15) is 39.2 Å². The Bertz CT molecular complexity index is 505. The van der Waals surface area contributed by atoms with E-state index in [2.05, 4.69) is 55.1 Å². The molecule has 21 heavy (non-hydrogen) atoms. The SMILES string of the molecule is CC(C)C(C)Oc1ccc(CCCCn2cncn2)cc1. The van der Waals surface area contributed by atoms with Crippen LogP contribution in [0.2, 0.25) is 0 Å². The quantitative estimate of drug-likeness (QED) is 0.695. The van der Waals surface area contributed by atoms with E-state index in [1.54, 1.807) is 12.7 Å². The van der Waals surface area contributed by atoms with Crippen molar-refractivity contribution < 1.29 is 4.74 Å². The van der Waals surface area contributed by atoms with Crippen molar-refractivity contribution >= 4 is 0 Å². The van der Waals surface area contributed by atoms with Crippen LogP contribution < -0.4 is 4.74 Å². The first kappa shape index (κ1) is 15.5. The topological polar surface area (TPSA) is 39.9 Å². The molecule has 0 saturated heterocycles. The van der Waals surface area contributed by atoms with Crippen molar-refractivity contribution in [1.82, 2.24) is 14.8 Å². The second kappa shape index (κ2) is 7.81. The molecule has 0 bridgehead atoms. The van der Waals surface area contributed by atoms with Crippen molar-refractivity contribution in [2.45, 2.75) is 52.7 Å². The van der Waals surface area contributed by atoms with Gasteiger partial charge in [-0.2, -0.15) is 5.10 Å². The number of ether oxygens (including phenoxy) is 1. The normalized spacial score (nSPS) is 12.6. The van der Waals surface area contributed by atoms with Gasteiger partial charge in [-0.15, -0.1) is 0 Å². The molecule has 1 unspecified atom stereocenters. The van der Waals surface area contributed by atoms with Gasteiger partial charge in [-0.1, -0.05) is 26.0 Å². The van der Waals surface area contributed by atoms with E-state index < -0.39 is 0 Å². The zero-order valence-corrected chi connectivity index (χ0v) is 13.2. The Morgan fingerprint density at radius 2 is 1.86 bits per heavy atom. The molecule has 0 spiro atoms. The van der Waals surface area contributed by atoms with Crippen molar-refractivity contribution in [1.29, 1.82) is 0 Å². The Labute approximate surface area is 127 Å².